The van der Waals surface area contributed by atoms with E-state index >= 15 is 0 Å². The van der Waals surface area contributed by atoms with Crippen molar-refractivity contribution >= 4 is 35.7 Å². The first-order chi connectivity index (χ1) is 18.7. The zero-order chi connectivity index (χ0) is 26.8. The molecule has 0 fully saturated rings. The van der Waals surface area contributed by atoms with Crippen LogP contribution in [0.4, 0.5) is 0 Å². The quantitative estimate of drug-likeness (QED) is 0.146. The summed E-state index contributed by atoms with van der Waals surface area (Å²) in [4.78, 5) is 7.50. The predicted molar refractivity (Wildman–Crippen MR) is 180 cm³/mol. The van der Waals surface area contributed by atoms with Gasteiger partial charge in [-0.3, -0.25) is 4.98 Å². The molecule has 0 bridgehead atoms. The lowest BCUT2D eigenvalue weighted by Gasteiger charge is -2.26. The highest BCUT2D eigenvalue weighted by atomic mass is 35.5. The summed E-state index contributed by atoms with van der Waals surface area (Å²) in [5.41, 5.74) is 4.84. The molecule has 1 aliphatic carbocycles. The van der Waals surface area contributed by atoms with Crippen molar-refractivity contribution in [3.8, 4) is 0 Å². The molecule has 0 aliphatic heterocycles. The number of pyridine rings is 1. The molecule has 0 saturated heterocycles. The molecule has 5 heteroatoms. The standard InChI is InChI=1S/C35H58N2O.2ClH/c1-3-5-7-9-11-13-15-19-25-37(26-20-16-14-12-10-8-6-4-2)29-35(38)31-23-24-34-32(28-31)27-30-21-17-18-22-33(30)36-34;;/h23-24,27-28,35,38H,3-22,25-26,29H2,1-2H3;2*1H. The first-order valence-corrected chi connectivity index (χ1v) is 16.5. The summed E-state index contributed by atoms with van der Waals surface area (Å²) in [5, 5.41) is 12.5. The van der Waals surface area contributed by atoms with Gasteiger partial charge in [-0.05, 0) is 80.9 Å². The van der Waals surface area contributed by atoms with Crippen molar-refractivity contribution < 1.29 is 5.11 Å². The number of aliphatic hydroxyl groups excluding tert-OH is 1. The normalized spacial score (nSPS) is 13.6. The molecule has 0 spiro atoms. The van der Waals surface area contributed by atoms with Gasteiger partial charge in [-0.25, -0.2) is 0 Å². The van der Waals surface area contributed by atoms with Gasteiger partial charge in [-0.1, -0.05) is 110 Å². The number of hydrogen-bond acceptors (Lipinski definition) is 3. The number of aryl methyl sites for hydroxylation is 2. The molecule has 1 aromatic carbocycles. The number of halogens is 2. The molecule has 0 amide bonds. The van der Waals surface area contributed by atoms with Crippen LogP contribution in [-0.4, -0.2) is 34.6 Å². The molecule has 2 aromatic rings. The van der Waals surface area contributed by atoms with Crippen LogP contribution in [0.25, 0.3) is 10.9 Å². The Bertz CT molecular complexity index is 886. The van der Waals surface area contributed by atoms with E-state index in [0.29, 0.717) is 0 Å². The van der Waals surface area contributed by atoms with Crippen molar-refractivity contribution in [2.24, 2.45) is 0 Å². The molecular weight excluding hydrogens is 535 g/mol. The minimum absolute atomic E-state index is 0. The summed E-state index contributed by atoms with van der Waals surface area (Å²) >= 11 is 0. The number of hydrogen-bond donors (Lipinski definition) is 1. The molecule has 1 aromatic heterocycles. The van der Waals surface area contributed by atoms with Crippen LogP contribution in [0, 0.1) is 0 Å². The van der Waals surface area contributed by atoms with Crippen molar-refractivity contribution in [2.75, 3.05) is 19.6 Å². The Morgan fingerprint density at radius 2 is 1.23 bits per heavy atom. The van der Waals surface area contributed by atoms with E-state index in [1.165, 1.54) is 132 Å². The number of aliphatic hydroxyl groups is 1. The van der Waals surface area contributed by atoms with Crippen molar-refractivity contribution in [1.29, 1.82) is 0 Å². The zero-order valence-corrected chi connectivity index (χ0v) is 27.4. The maximum atomic E-state index is 11.3. The molecule has 3 rings (SSSR count). The number of unbranched alkanes of at least 4 members (excludes halogenated alkanes) is 14. The number of fused-ring (bicyclic) bond motifs is 2. The van der Waals surface area contributed by atoms with Gasteiger partial charge in [0.15, 0.2) is 0 Å². The minimum Gasteiger partial charge on any atom is -0.387 e. The van der Waals surface area contributed by atoms with Crippen LogP contribution < -0.4 is 0 Å². The molecule has 0 radical (unpaired) electrons. The average Bonchev–Trinajstić information content (AvgIpc) is 2.94. The number of benzene rings is 1. The van der Waals surface area contributed by atoms with E-state index in [0.717, 1.165) is 43.6 Å². The molecule has 230 valence electrons. The molecular formula is C35H60Cl2N2O. The minimum atomic E-state index is -0.432. The van der Waals surface area contributed by atoms with Gasteiger partial charge < -0.3 is 10.0 Å². The highest BCUT2D eigenvalue weighted by Gasteiger charge is 2.16. The van der Waals surface area contributed by atoms with Crippen molar-refractivity contribution in [2.45, 2.75) is 148 Å². The van der Waals surface area contributed by atoms with E-state index in [1.807, 2.05) is 0 Å². The molecule has 1 heterocycles. The lowest BCUT2D eigenvalue weighted by atomic mass is 9.94. The van der Waals surface area contributed by atoms with Crippen molar-refractivity contribution in [3.63, 3.8) is 0 Å². The number of rotatable bonds is 21. The molecule has 3 nitrogen and oxygen atoms in total. The van der Waals surface area contributed by atoms with Crippen LogP contribution in [0.2, 0.25) is 0 Å². The fourth-order valence-corrected chi connectivity index (χ4v) is 6.11. The van der Waals surface area contributed by atoms with E-state index < -0.39 is 6.10 Å². The smallest absolute Gasteiger partial charge is 0.0917 e. The van der Waals surface area contributed by atoms with Gasteiger partial charge in [0, 0.05) is 17.6 Å². The largest absolute Gasteiger partial charge is 0.387 e. The maximum absolute atomic E-state index is 11.3. The molecule has 1 aliphatic rings. The average molecular weight is 596 g/mol. The van der Waals surface area contributed by atoms with Crippen LogP contribution in [0.1, 0.15) is 152 Å². The van der Waals surface area contributed by atoms with Crippen LogP contribution in [0.5, 0.6) is 0 Å². The Morgan fingerprint density at radius 3 is 1.80 bits per heavy atom. The first-order valence-electron chi connectivity index (χ1n) is 16.5. The Kier molecular flexibility index (Phi) is 21.1. The highest BCUT2D eigenvalue weighted by Crippen LogP contribution is 2.26. The number of aromatic nitrogens is 1. The van der Waals surface area contributed by atoms with Gasteiger partial charge in [0.2, 0.25) is 0 Å². The second kappa shape index (κ2) is 22.7. The SMILES string of the molecule is CCCCCCCCCCN(CCCCCCCCCC)CC(O)c1ccc2nc3c(cc2c1)CCCC3.Cl.Cl. The molecule has 1 unspecified atom stereocenters. The predicted octanol–water partition coefficient (Wildman–Crippen LogP) is 10.6. The van der Waals surface area contributed by atoms with Gasteiger partial charge in [0.1, 0.15) is 0 Å². The number of nitrogens with zero attached hydrogens (tertiary/aromatic N) is 2. The van der Waals surface area contributed by atoms with Crippen LogP contribution in [-0.2, 0) is 12.8 Å². The fraction of sp³-hybridized carbons (Fsp3) is 0.743. The lowest BCUT2D eigenvalue weighted by molar-refractivity contribution is 0.110. The van der Waals surface area contributed by atoms with Gasteiger partial charge in [0.25, 0.3) is 0 Å². The second-order valence-electron chi connectivity index (χ2n) is 12.0. The second-order valence-corrected chi connectivity index (χ2v) is 12.0. The van der Waals surface area contributed by atoms with E-state index in [4.69, 9.17) is 4.98 Å². The molecule has 0 saturated carbocycles. The Hall–Kier alpha value is -0.870. The topological polar surface area (TPSA) is 36.4 Å². The summed E-state index contributed by atoms with van der Waals surface area (Å²) in [6, 6.07) is 8.78. The molecule has 1 atom stereocenters. The zero-order valence-electron chi connectivity index (χ0n) is 25.8. The monoisotopic (exact) mass is 594 g/mol. The lowest BCUT2D eigenvalue weighted by Crippen LogP contribution is -2.31. The summed E-state index contributed by atoms with van der Waals surface area (Å²) in [5.74, 6) is 0. The summed E-state index contributed by atoms with van der Waals surface area (Å²) in [6.07, 6.45) is 26.0. The van der Waals surface area contributed by atoms with E-state index in [2.05, 4.69) is 43.0 Å². The summed E-state index contributed by atoms with van der Waals surface area (Å²) < 4.78 is 0. The molecule has 1 N–H and O–H groups in total. The third kappa shape index (κ3) is 13.9. The Balaban J connectivity index is 0.00000400. The van der Waals surface area contributed by atoms with E-state index in [1.54, 1.807) is 0 Å². The Morgan fingerprint density at radius 1 is 0.700 bits per heavy atom. The molecule has 40 heavy (non-hydrogen) atoms. The van der Waals surface area contributed by atoms with Gasteiger partial charge >= 0.3 is 0 Å². The van der Waals surface area contributed by atoms with Crippen molar-refractivity contribution in [1.82, 2.24) is 9.88 Å². The van der Waals surface area contributed by atoms with Crippen molar-refractivity contribution in [3.05, 3.63) is 41.1 Å². The summed E-state index contributed by atoms with van der Waals surface area (Å²) in [6.45, 7) is 7.56. The Labute approximate surface area is 259 Å². The first kappa shape index (κ1) is 37.2. The van der Waals surface area contributed by atoms with E-state index in [-0.39, 0.29) is 24.8 Å². The third-order valence-electron chi connectivity index (χ3n) is 8.59. The maximum Gasteiger partial charge on any atom is 0.0917 e. The third-order valence-corrected chi connectivity index (χ3v) is 8.59. The van der Waals surface area contributed by atoms with E-state index in [9.17, 15) is 5.11 Å². The highest BCUT2D eigenvalue weighted by molar-refractivity contribution is 5.85. The fourth-order valence-electron chi connectivity index (χ4n) is 6.11. The van der Waals surface area contributed by atoms with Crippen LogP contribution in [0.3, 0.4) is 0 Å². The van der Waals surface area contributed by atoms with Crippen LogP contribution >= 0.6 is 24.8 Å². The van der Waals surface area contributed by atoms with Gasteiger partial charge in [-0.15, -0.1) is 24.8 Å². The van der Waals surface area contributed by atoms with Gasteiger partial charge in [0.05, 0.1) is 11.6 Å². The van der Waals surface area contributed by atoms with Gasteiger partial charge in [-0.2, -0.15) is 0 Å². The summed E-state index contributed by atoms with van der Waals surface area (Å²) in [7, 11) is 0. The van der Waals surface area contributed by atoms with Crippen LogP contribution in [0.15, 0.2) is 24.3 Å².